The van der Waals surface area contributed by atoms with Gasteiger partial charge in [0, 0.05) is 32.1 Å². The highest BCUT2D eigenvalue weighted by Gasteiger charge is 2.40. The van der Waals surface area contributed by atoms with Gasteiger partial charge in [-0.05, 0) is 27.2 Å². The number of ketones is 1. The van der Waals surface area contributed by atoms with Gasteiger partial charge in [-0.1, -0.05) is 13.8 Å². The topological polar surface area (TPSA) is 76.2 Å². The molecule has 0 spiro atoms. The van der Waals surface area contributed by atoms with Gasteiger partial charge in [0.05, 0.1) is 7.11 Å². The second-order valence-corrected chi connectivity index (χ2v) is 6.97. The molecule has 138 valence electrons. The van der Waals surface area contributed by atoms with Crippen LogP contribution in [-0.2, 0) is 19.1 Å². The van der Waals surface area contributed by atoms with E-state index in [0.717, 1.165) is 0 Å². The molecule has 0 bridgehead atoms. The summed E-state index contributed by atoms with van der Waals surface area (Å²) in [5.74, 6) is -0.697. The molecule has 0 saturated carbocycles. The van der Waals surface area contributed by atoms with Crippen LogP contribution >= 0.6 is 0 Å². The third-order valence-corrected chi connectivity index (χ3v) is 4.06. The Morgan fingerprint density at radius 1 is 1.17 bits per heavy atom. The van der Waals surface area contributed by atoms with Crippen LogP contribution in [0.3, 0.4) is 0 Å². The third kappa shape index (κ3) is 5.19. The van der Waals surface area contributed by atoms with Crippen LogP contribution < -0.4 is 0 Å². The number of methoxy groups -OCH3 is 1. The molecular weight excluding hydrogens is 312 g/mol. The summed E-state index contributed by atoms with van der Waals surface area (Å²) in [4.78, 5) is 40.1. The lowest BCUT2D eigenvalue weighted by atomic mass is 10.0. The number of amides is 1. The van der Waals surface area contributed by atoms with Gasteiger partial charge >= 0.3 is 12.1 Å². The number of rotatable bonds is 5. The number of Topliss-reactive ketones (excluding diaryl/α,β-unsaturated/α-hetero) is 1. The molecule has 1 amide bonds. The van der Waals surface area contributed by atoms with Crippen LogP contribution in [0, 0.1) is 0 Å². The second kappa shape index (κ2) is 8.46. The molecule has 2 atom stereocenters. The van der Waals surface area contributed by atoms with Crippen LogP contribution in [-0.4, -0.2) is 72.1 Å². The van der Waals surface area contributed by atoms with E-state index in [0.29, 0.717) is 26.1 Å². The molecule has 1 aliphatic rings. The molecule has 0 aromatic rings. The number of ether oxygens (including phenoxy) is 2. The molecule has 7 nitrogen and oxygen atoms in total. The molecule has 0 aliphatic carbocycles. The zero-order chi connectivity index (χ0) is 18.5. The minimum atomic E-state index is -0.897. The first-order valence-electron chi connectivity index (χ1n) is 8.48. The van der Waals surface area contributed by atoms with Crippen LogP contribution in [0.4, 0.5) is 4.79 Å². The standard InChI is InChI=1S/C17H30N2O5/c1-7-12-11-18(16(22)24-17(3,4)5)9-10-19(12)14(13(20)8-2)15(21)23-6/h12,14H,7-11H2,1-6H3. The van der Waals surface area contributed by atoms with Crippen LogP contribution in [0.5, 0.6) is 0 Å². The first-order valence-corrected chi connectivity index (χ1v) is 8.48. The van der Waals surface area contributed by atoms with Crippen molar-refractivity contribution in [3.8, 4) is 0 Å². The van der Waals surface area contributed by atoms with Crippen molar-refractivity contribution in [1.82, 2.24) is 9.80 Å². The molecule has 0 aromatic heterocycles. The quantitative estimate of drug-likeness (QED) is 0.560. The Morgan fingerprint density at radius 3 is 2.25 bits per heavy atom. The van der Waals surface area contributed by atoms with Gasteiger partial charge in [-0.25, -0.2) is 9.59 Å². The maximum absolute atomic E-state index is 12.3. The van der Waals surface area contributed by atoms with E-state index in [4.69, 9.17) is 9.47 Å². The van der Waals surface area contributed by atoms with E-state index in [-0.39, 0.29) is 24.3 Å². The highest BCUT2D eigenvalue weighted by Crippen LogP contribution is 2.20. The number of piperazine rings is 1. The molecule has 1 heterocycles. The summed E-state index contributed by atoms with van der Waals surface area (Å²) in [6, 6.07) is -0.989. The maximum atomic E-state index is 12.3. The molecule has 0 N–H and O–H groups in total. The molecule has 2 unspecified atom stereocenters. The number of hydrogen-bond acceptors (Lipinski definition) is 6. The van der Waals surface area contributed by atoms with Crippen molar-refractivity contribution in [2.75, 3.05) is 26.7 Å². The van der Waals surface area contributed by atoms with Crippen molar-refractivity contribution in [3.05, 3.63) is 0 Å². The molecule has 1 rings (SSSR count). The van der Waals surface area contributed by atoms with E-state index < -0.39 is 17.6 Å². The third-order valence-electron chi connectivity index (χ3n) is 4.06. The normalized spacial score (nSPS) is 20.4. The monoisotopic (exact) mass is 342 g/mol. The smallest absolute Gasteiger partial charge is 0.410 e. The van der Waals surface area contributed by atoms with Crippen LogP contribution in [0.15, 0.2) is 0 Å². The molecule has 7 heteroatoms. The number of carbonyl (C=O) groups excluding carboxylic acids is 3. The first-order chi connectivity index (χ1) is 11.1. The number of carbonyl (C=O) groups is 3. The van der Waals surface area contributed by atoms with E-state index in [1.54, 1.807) is 11.8 Å². The molecule has 24 heavy (non-hydrogen) atoms. The van der Waals surface area contributed by atoms with Crippen molar-refractivity contribution in [1.29, 1.82) is 0 Å². The van der Waals surface area contributed by atoms with Gasteiger partial charge < -0.3 is 14.4 Å². The summed E-state index contributed by atoms with van der Waals surface area (Å²) in [5, 5.41) is 0. The molecule has 0 aromatic carbocycles. The number of esters is 1. The average Bonchev–Trinajstić information content (AvgIpc) is 2.53. The zero-order valence-corrected chi connectivity index (χ0v) is 15.6. The van der Waals surface area contributed by atoms with Gasteiger partial charge in [0.15, 0.2) is 11.8 Å². The Bertz CT molecular complexity index is 456. The van der Waals surface area contributed by atoms with Crippen LogP contribution in [0.25, 0.3) is 0 Å². The lowest BCUT2D eigenvalue weighted by Gasteiger charge is -2.43. The molecule has 0 radical (unpaired) electrons. The van der Waals surface area contributed by atoms with Gasteiger partial charge in [0.25, 0.3) is 0 Å². The Balaban J connectivity index is 2.89. The second-order valence-electron chi connectivity index (χ2n) is 6.97. The highest BCUT2D eigenvalue weighted by molar-refractivity contribution is 6.03. The molecule has 1 saturated heterocycles. The van der Waals surface area contributed by atoms with Crippen molar-refractivity contribution >= 4 is 17.8 Å². The summed E-state index contributed by atoms with van der Waals surface area (Å²) < 4.78 is 10.2. The molecule has 1 fully saturated rings. The Morgan fingerprint density at radius 2 is 1.79 bits per heavy atom. The van der Waals surface area contributed by atoms with E-state index in [1.165, 1.54) is 7.11 Å². The van der Waals surface area contributed by atoms with Crippen molar-refractivity contribution in [3.63, 3.8) is 0 Å². The summed E-state index contributed by atoms with van der Waals surface area (Å²) in [7, 11) is 1.29. The highest BCUT2D eigenvalue weighted by atomic mass is 16.6. The van der Waals surface area contributed by atoms with Gasteiger partial charge in [-0.3, -0.25) is 9.69 Å². The van der Waals surface area contributed by atoms with Crippen molar-refractivity contribution in [2.24, 2.45) is 0 Å². The average molecular weight is 342 g/mol. The first kappa shape index (κ1) is 20.4. The molecular formula is C17H30N2O5. The van der Waals surface area contributed by atoms with E-state index >= 15 is 0 Å². The summed E-state index contributed by atoms with van der Waals surface area (Å²) in [6.45, 7) is 10.5. The van der Waals surface area contributed by atoms with Crippen molar-refractivity contribution in [2.45, 2.75) is 65.1 Å². The Labute approximate surface area is 144 Å². The summed E-state index contributed by atoms with van der Waals surface area (Å²) in [6.07, 6.45) is 0.615. The predicted octanol–water partition coefficient (Wildman–Crippen LogP) is 1.84. The SMILES string of the molecule is CCC(=O)C(C(=O)OC)N1CCN(C(=O)OC(C)(C)C)CC1CC. The largest absolute Gasteiger partial charge is 0.468 e. The predicted molar refractivity (Wildman–Crippen MR) is 89.7 cm³/mol. The summed E-state index contributed by atoms with van der Waals surface area (Å²) in [5.41, 5.74) is -0.553. The van der Waals surface area contributed by atoms with Crippen LogP contribution in [0.1, 0.15) is 47.5 Å². The fourth-order valence-electron chi connectivity index (χ4n) is 2.82. The molecule has 1 aliphatic heterocycles. The zero-order valence-electron chi connectivity index (χ0n) is 15.6. The summed E-state index contributed by atoms with van der Waals surface area (Å²) >= 11 is 0. The van der Waals surface area contributed by atoms with Gasteiger partial charge in [0.1, 0.15) is 5.60 Å². The van der Waals surface area contributed by atoms with Gasteiger partial charge in [0.2, 0.25) is 0 Å². The Kier molecular flexibility index (Phi) is 7.20. The minimum Gasteiger partial charge on any atom is -0.468 e. The van der Waals surface area contributed by atoms with E-state index in [1.807, 2.05) is 32.6 Å². The van der Waals surface area contributed by atoms with Gasteiger partial charge in [-0.2, -0.15) is 0 Å². The van der Waals surface area contributed by atoms with Gasteiger partial charge in [-0.15, -0.1) is 0 Å². The fraction of sp³-hybridized carbons (Fsp3) is 0.824. The fourth-order valence-corrected chi connectivity index (χ4v) is 2.82. The lowest BCUT2D eigenvalue weighted by Crippen LogP contribution is -2.61. The van der Waals surface area contributed by atoms with Crippen molar-refractivity contribution < 1.29 is 23.9 Å². The lowest BCUT2D eigenvalue weighted by molar-refractivity contribution is -0.153. The van der Waals surface area contributed by atoms with E-state index in [9.17, 15) is 14.4 Å². The van der Waals surface area contributed by atoms with Crippen LogP contribution in [0.2, 0.25) is 0 Å². The Hall–Kier alpha value is -1.63. The minimum absolute atomic E-state index is 0.0918. The number of hydrogen-bond donors (Lipinski definition) is 0. The number of nitrogens with zero attached hydrogens (tertiary/aromatic N) is 2. The van der Waals surface area contributed by atoms with E-state index in [2.05, 4.69) is 0 Å². The maximum Gasteiger partial charge on any atom is 0.410 e.